The van der Waals surface area contributed by atoms with E-state index in [1.807, 2.05) is 0 Å². The van der Waals surface area contributed by atoms with Gasteiger partial charge in [-0.05, 0) is 39.3 Å². The molecule has 1 aromatic rings. The van der Waals surface area contributed by atoms with Crippen LogP contribution in [0, 0.1) is 6.92 Å². The summed E-state index contributed by atoms with van der Waals surface area (Å²) in [5, 5.41) is 2.50. The number of aromatic nitrogens is 1. The van der Waals surface area contributed by atoms with Crippen LogP contribution in [0.25, 0.3) is 0 Å². The number of carbonyl (C=O) groups excluding carboxylic acids is 2. The van der Waals surface area contributed by atoms with E-state index in [0.29, 0.717) is 16.9 Å². The Morgan fingerprint density at radius 3 is 2.42 bits per heavy atom. The van der Waals surface area contributed by atoms with Crippen molar-refractivity contribution in [1.29, 1.82) is 0 Å². The molecule has 0 unspecified atom stereocenters. The second-order valence-corrected chi connectivity index (χ2v) is 5.00. The minimum absolute atomic E-state index is 0.319. The van der Waals surface area contributed by atoms with Crippen LogP contribution in [0.3, 0.4) is 0 Å². The zero-order valence-electron chi connectivity index (χ0n) is 11.7. The van der Waals surface area contributed by atoms with Crippen molar-refractivity contribution in [3.05, 3.63) is 23.4 Å². The summed E-state index contributed by atoms with van der Waals surface area (Å²) in [6.07, 6.45) is 0.763. The van der Waals surface area contributed by atoms with E-state index < -0.39 is 17.7 Å². The van der Waals surface area contributed by atoms with E-state index in [9.17, 15) is 9.59 Å². The number of esters is 1. The van der Waals surface area contributed by atoms with Crippen LogP contribution in [0.4, 0.5) is 10.6 Å². The molecule has 104 valence electrons. The Balaban J connectivity index is 2.79. The van der Waals surface area contributed by atoms with Crippen molar-refractivity contribution < 1.29 is 19.1 Å². The summed E-state index contributed by atoms with van der Waals surface area (Å²) in [6, 6.07) is 1.58. The first kappa shape index (κ1) is 14.9. The van der Waals surface area contributed by atoms with Crippen LogP contribution in [-0.2, 0) is 9.47 Å². The van der Waals surface area contributed by atoms with Crippen LogP contribution in [0.1, 0.15) is 36.7 Å². The third-order valence-electron chi connectivity index (χ3n) is 2.15. The van der Waals surface area contributed by atoms with Crippen molar-refractivity contribution >= 4 is 17.9 Å². The van der Waals surface area contributed by atoms with Gasteiger partial charge < -0.3 is 9.47 Å². The number of hydrogen-bond donors (Lipinski definition) is 1. The van der Waals surface area contributed by atoms with E-state index in [1.165, 1.54) is 13.3 Å². The summed E-state index contributed by atoms with van der Waals surface area (Å²) >= 11 is 0. The highest BCUT2D eigenvalue weighted by Crippen LogP contribution is 2.14. The Morgan fingerprint density at radius 2 is 1.95 bits per heavy atom. The van der Waals surface area contributed by atoms with Crippen molar-refractivity contribution in [2.45, 2.75) is 33.3 Å². The maximum Gasteiger partial charge on any atom is 0.413 e. The summed E-state index contributed by atoms with van der Waals surface area (Å²) < 4.78 is 9.71. The Bertz CT molecular complexity index is 492. The molecule has 0 atom stereocenters. The van der Waals surface area contributed by atoms with Crippen molar-refractivity contribution in [3.63, 3.8) is 0 Å². The van der Waals surface area contributed by atoms with Gasteiger partial charge in [0.05, 0.1) is 12.7 Å². The maximum atomic E-state index is 11.5. The molecular weight excluding hydrogens is 248 g/mol. The van der Waals surface area contributed by atoms with Crippen LogP contribution in [-0.4, -0.2) is 29.8 Å². The largest absolute Gasteiger partial charge is 0.465 e. The molecule has 0 fully saturated rings. The molecule has 1 amide bonds. The van der Waals surface area contributed by atoms with Crippen molar-refractivity contribution in [2.24, 2.45) is 0 Å². The number of anilines is 1. The number of methoxy groups -OCH3 is 1. The minimum Gasteiger partial charge on any atom is -0.465 e. The monoisotopic (exact) mass is 266 g/mol. The van der Waals surface area contributed by atoms with Crippen molar-refractivity contribution in [1.82, 2.24) is 4.98 Å². The molecule has 0 bridgehead atoms. The van der Waals surface area contributed by atoms with E-state index in [-0.39, 0.29) is 0 Å². The predicted octanol–water partition coefficient (Wildman–Crippen LogP) is 2.52. The number of carbonyl (C=O) groups is 2. The quantitative estimate of drug-likeness (QED) is 0.832. The lowest BCUT2D eigenvalue weighted by Gasteiger charge is -2.19. The van der Waals surface area contributed by atoms with Crippen LogP contribution in [0.15, 0.2) is 12.3 Å². The predicted molar refractivity (Wildman–Crippen MR) is 70.2 cm³/mol. The summed E-state index contributed by atoms with van der Waals surface area (Å²) in [7, 11) is 1.30. The number of rotatable bonds is 2. The summed E-state index contributed by atoms with van der Waals surface area (Å²) in [5.74, 6) is -0.145. The Hall–Kier alpha value is -2.11. The molecule has 0 aliphatic carbocycles. The molecule has 0 aliphatic heterocycles. The van der Waals surface area contributed by atoms with Gasteiger partial charge in [-0.2, -0.15) is 0 Å². The SMILES string of the molecule is COC(=O)c1cnc(NC(=O)OC(C)(C)C)cc1C. The number of nitrogens with zero attached hydrogens (tertiary/aromatic N) is 1. The Kier molecular flexibility index (Phi) is 4.47. The van der Waals surface area contributed by atoms with Crippen LogP contribution in [0.5, 0.6) is 0 Å². The van der Waals surface area contributed by atoms with Gasteiger partial charge in [-0.1, -0.05) is 0 Å². The van der Waals surface area contributed by atoms with E-state index in [4.69, 9.17) is 4.74 Å². The first-order valence-corrected chi connectivity index (χ1v) is 5.78. The third kappa shape index (κ3) is 4.57. The fourth-order valence-corrected chi connectivity index (χ4v) is 1.36. The maximum absolute atomic E-state index is 11.5. The van der Waals surface area contributed by atoms with E-state index in [2.05, 4.69) is 15.0 Å². The lowest BCUT2D eigenvalue weighted by Crippen LogP contribution is -2.27. The molecule has 0 aliphatic rings. The molecule has 6 nitrogen and oxygen atoms in total. The average Bonchev–Trinajstić information content (AvgIpc) is 2.25. The molecule has 0 aromatic carbocycles. The number of ether oxygens (including phenoxy) is 2. The van der Waals surface area contributed by atoms with Crippen LogP contribution < -0.4 is 5.32 Å². The second-order valence-electron chi connectivity index (χ2n) is 5.00. The van der Waals surface area contributed by atoms with Crippen molar-refractivity contribution in [2.75, 3.05) is 12.4 Å². The van der Waals surface area contributed by atoms with Gasteiger partial charge in [-0.25, -0.2) is 14.6 Å². The highest BCUT2D eigenvalue weighted by molar-refractivity contribution is 5.91. The lowest BCUT2D eigenvalue weighted by molar-refractivity contribution is 0.0598. The number of nitrogens with one attached hydrogen (secondary N) is 1. The normalized spacial score (nSPS) is 10.8. The van der Waals surface area contributed by atoms with Gasteiger partial charge in [0.1, 0.15) is 11.4 Å². The first-order chi connectivity index (χ1) is 8.73. The number of amides is 1. The molecule has 1 heterocycles. The fraction of sp³-hybridized carbons (Fsp3) is 0.462. The van der Waals surface area contributed by atoms with E-state index >= 15 is 0 Å². The topological polar surface area (TPSA) is 77.5 Å². The third-order valence-corrected chi connectivity index (χ3v) is 2.15. The number of hydrogen-bond acceptors (Lipinski definition) is 5. The molecular formula is C13H18N2O4. The van der Waals surface area contributed by atoms with Gasteiger partial charge in [0.15, 0.2) is 0 Å². The molecule has 0 saturated carbocycles. The van der Waals surface area contributed by atoms with Crippen LogP contribution in [0.2, 0.25) is 0 Å². The molecule has 0 spiro atoms. The highest BCUT2D eigenvalue weighted by Gasteiger charge is 2.17. The van der Waals surface area contributed by atoms with Gasteiger partial charge in [0, 0.05) is 6.20 Å². The van der Waals surface area contributed by atoms with Crippen LogP contribution >= 0.6 is 0 Å². The minimum atomic E-state index is -0.592. The molecule has 6 heteroatoms. The lowest BCUT2D eigenvalue weighted by atomic mass is 10.1. The van der Waals surface area contributed by atoms with Gasteiger partial charge in [-0.3, -0.25) is 5.32 Å². The summed E-state index contributed by atoms with van der Waals surface area (Å²) in [5.41, 5.74) is 0.440. The first-order valence-electron chi connectivity index (χ1n) is 5.78. The molecule has 0 saturated heterocycles. The smallest absolute Gasteiger partial charge is 0.413 e. The second kappa shape index (κ2) is 5.69. The van der Waals surface area contributed by atoms with Gasteiger partial charge in [0.2, 0.25) is 0 Å². The zero-order valence-corrected chi connectivity index (χ0v) is 11.7. The molecule has 1 aromatic heterocycles. The number of aryl methyl sites for hydroxylation is 1. The molecule has 19 heavy (non-hydrogen) atoms. The van der Waals surface area contributed by atoms with Gasteiger partial charge in [-0.15, -0.1) is 0 Å². The zero-order chi connectivity index (χ0) is 14.6. The van der Waals surface area contributed by atoms with Gasteiger partial charge >= 0.3 is 12.1 Å². The van der Waals surface area contributed by atoms with Crippen molar-refractivity contribution in [3.8, 4) is 0 Å². The molecule has 0 radical (unpaired) electrons. The van der Waals surface area contributed by atoms with E-state index in [0.717, 1.165) is 0 Å². The average molecular weight is 266 g/mol. The number of pyridine rings is 1. The Labute approximate surface area is 112 Å². The highest BCUT2D eigenvalue weighted by atomic mass is 16.6. The van der Waals surface area contributed by atoms with Gasteiger partial charge in [0.25, 0.3) is 0 Å². The standard InChI is InChI=1S/C13H18N2O4/c1-8-6-10(14-7-9(8)11(16)18-5)15-12(17)19-13(2,3)4/h6-7H,1-5H3,(H,14,15,17). The molecule has 1 N–H and O–H groups in total. The molecule has 1 rings (SSSR count). The fourth-order valence-electron chi connectivity index (χ4n) is 1.36. The Morgan fingerprint density at radius 1 is 1.32 bits per heavy atom. The summed E-state index contributed by atoms with van der Waals surface area (Å²) in [6.45, 7) is 7.04. The summed E-state index contributed by atoms with van der Waals surface area (Å²) in [4.78, 5) is 26.9. The van der Waals surface area contributed by atoms with E-state index in [1.54, 1.807) is 33.8 Å².